The van der Waals surface area contributed by atoms with Gasteiger partial charge in [0.1, 0.15) is 0 Å². The molecule has 1 atom stereocenters. The molecule has 1 aromatic rings. The van der Waals surface area contributed by atoms with E-state index in [-0.39, 0.29) is 4.90 Å². The van der Waals surface area contributed by atoms with Gasteiger partial charge in [-0.2, -0.15) is 17.0 Å². The highest BCUT2D eigenvalue weighted by molar-refractivity contribution is 7.89. The van der Waals surface area contributed by atoms with Crippen LogP contribution < -0.4 is 5.14 Å². The number of benzene rings is 1. The lowest BCUT2D eigenvalue weighted by molar-refractivity contribution is 0.327. The summed E-state index contributed by atoms with van der Waals surface area (Å²) in [5.74, 6) is 0. The highest BCUT2D eigenvalue weighted by Crippen LogP contribution is 2.24. The van der Waals surface area contributed by atoms with Gasteiger partial charge < -0.3 is 0 Å². The summed E-state index contributed by atoms with van der Waals surface area (Å²) < 4.78 is 51.0. The fraction of sp³-hybridized carbons (Fsp3) is 0.600. The molecule has 0 saturated carbocycles. The maximum Gasteiger partial charge on any atom is 0.282 e. The molecule has 0 bridgehead atoms. The zero-order chi connectivity index (χ0) is 18.5. The van der Waals surface area contributed by atoms with Crippen LogP contribution in [0.15, 0.2) is 29.2 Å². The molecular formula is C15H27N3O4S2. The van der Waals surface area contributed by atoms with Crippen LogP contribution in [-0.4, -0.2) is 45.6 Å². The van der Waals surface area contributed by atoms with Gasteiger partial charge in [-0.15, -0.1) is 0 Å². The van der Waals surface area contributed by atoms with Crippen LogP contribution in [0, 0.1) is 0 Å². The molecule has 0 aliphatic rings. The molecular weight excluding hydrogens is 350 g/mol. The SMILES string of the molecule is CCCN(CCC)S(=O)(=O)N(C)C(C)c1ccc(S(N)(=O)=O)cc1. The van der Waals surface area contributed by atoms with Gasteiger partial charge >= 0.3 is 0 Å². The zero-order valence-corrected chi connectivity index (χ0v) is 16.3. The average molecular weight is 378 g/mol. The monoisotopic (exact) mass is 377 g/mol. The molecule has 0 spiro atoms. The molecule has 7 nitrogen and oxygen atoms in total. The topological polar surface area (TPSA) is 101 Å². The Balaban J connectivity index is 3.06. The van der Waals surface area contributed by atoms with E-state index in [4.69, 9.17) is 5.14 Å². The molecule has 1 rings (SSSR count). The van der Waals surface area contributed by atoms with Crippen LogP contribution in [0.2, 0.25) is 0 Å². The predicted molar refractivity (Wildman–Crippen MR) is 95.1 cm³/mol. The van der Waals surface area contributed by atoms with Crippen molar-refractivity contribution < 1.29 is 16.8 Å². The maximum atomic E-state index is 12.8. The van der Waals surface area contributed by atoms with Gasteiger partial charge in [0.05, 0.1) is 4.90 Å². The molecule has 0 radical (unpaired) electrons. The average Bonchev–Trinajstić information content (AvgIpc) is 2.52. The van der Waals surface area contributed by atoms with Crippen LogP contribution in [0.3, 0.4) is 0 Å². The summed E-state index contributed by atoms with van der Waals surface area (Å²) in [5.41, 5.74) is 0.696. The van der Waals surface area contributed by atoms with E-state index in [1.807, 2.05) is 13.8 Å². The molecule has 24 heavy (non-hydrogen) atoms. The van der Waals surface area contributed by atoms with Crippen molar-refractivity contribution in [2.45, 2.75) is 44.6 Å². The molecule has 1 aromatic carbocycles. The fourth-order valence-corrected chi connectivity index (χ4v) is 4.60. The lowest BCUT2D eigenvalue weighted by atomic mass is 10.1. The summed E-state index contributed by atoms with van der Waals surface area (Å²) in [4.78, 5) is 0.00236. The van der Waals surface area contributed by atoms with E-state index < -0.39 is 26.3 Å². The van der Waals surface area contributed by atoms with Crippen molar-refractivity contribution in [2.75, 3.05) is 20.1 Å². The third-order valence-electron chi connectivity index (χ3n) is 3.87. The lowest BCUT2D eigenvalue weighted by Crippen LogP contribution is -2.43. The molecule has 0 amide bonds. The Morgan fingerprint density at radius 3 is 1.83 bits per heavy atom. The highest BCUT2D eigenvalue weighted by atomic mass is 32.2. The van der Waals surface area contributed by atoms with Gasteiger partial charge in [-0.25, -0.2) is 13.6 Å². The number of rotatable bonds is 9. The van der Waals surface area contributed by atoms with E-state index in [2.05, 4.69) is 0 Å². The van der Waals surface area contributed by atoms with Crippen molar-refractivity contribution in [1.29, 1.82) is 0 Å². The Bertz CT molecular complexity index is 724. The molecule has 2 N–H and O–H groups in total. The summed E-state index contributed by atoms with van der Waals surface area (Å²) in [6.45, 7) is 6.58. The molecule has 0 saturated heterocycles. The number of sulfonamides is 1. The molecule has 1 unspecified atom stereocenters. The minimum Gasteiger partial charge on any atom is -0.225 e. The maximum absolute atomic E-state index is 12.8. The molecule has 0 fully saturated rings. The van der Waals surface area contributed by atoms with Gasteiger partial charge in [0, 0.05) is 26.2 Å². The minimum absolute atomic E-state index is 0.00236. The molecule has 0 heterocycles. The van der Waals surface area contributed by atoms with Crippen molar-refractivity contribution in [3.05, 3.63) is 29.8 Å². The number of primary sulfonamides is 1. The first-order valence-corrected chi connectivity index (χ1v) is 10.9. The standard InChI is InChI=1S/C15H27N3O4S2/c1-5-11-18(12-6-2)24(21,22)17(4)13(3)14-7-9-15(10-8-14)23(16,19)20/h7-10,13H,5-6,11-12H2,1-4H3,(H2,16,19,20). The Kier molecular flexibility index (Phi) is 7.36. The summed E-state index contributed by atoms with van der Waals surface area (Å²) in [6, 6.07) is 5.51. The van der Waals surface area contributed by atoms with E-state index in [0.29, 0.717) is 18.7 Å². The molecule has 138 valence electrons. The third kappa shape index (κ3) is 5.00. The van der Waals surface area contributed by atoms with E-state index in [0.717, 1.165) is 12.8 Å². The second kappa shape index (κ2) is 8.39. The molecule has 9 heteroatoms. The summed E-state index contributed by atoms with van der Waals surface area (Å²) in [7, 11) is -5.82. The first kappa shape index (κ1) is 21.0. The number of nitrogens with zero attached hydrogens (tertiary/aromatic N) is 2. The first-order valence-electron chi connectivity index (χ1n) is 7.91. The lowest BCUT2D eigenvalue weighted by Gasteiger charge is -2.31. The normalized spacial score (nSPS) is 14.3. The highest BCUT2D eigenvalue weighted by Gasteiger charge is 2.30. The number of nitrogens with two attached hydrogens (primary N) is 1. The quantitative estimate of drug-likeness (QED) is 0.707. The summed E-state index contributed by atoms with van der Waals surface area (Å²) in [6.07, 6.45) is 1.48. The van der Waals surface area contributed by atoms with E-state index in [1.165, 1.54) is 27.8 Å². The fourth-order valence-electron chi connectivity index (χ4n) is 2.37. The van der Waals surface area contributed by atoms with E-state index in [9.17, 15) is 16.8 Å². The molecule has 0 aromatic heterocycles. The Hall–Kier alpha value is -1.00. The van der Waals surface area contributed by atoms with E-state index in [1.54, 1.807) is 19.1 Å². The molecule has 0 aliphatic carbocycles. The van der Waals surface area contributed by atoms with Crippen LogP contribution in [0.25, 0.3) is 0 Å². The van der Waals surface area contributed by atoms with Crippen molar-refractivity contribution in [3.63, 3.8) is 0 Å². The summed E-state index contributed by atoms with van der Waals surface area (Å²) >= 11 is 0. The van der Waals surface area contributed by atoms with Crippen LogP contribution in [0.1, 0.15) is 45.2 Å². The van der Waals surface area contributed by atoms with Gasteiger partial charge in [0.2, 0.25) is 10.0 Å². The van der Waals surface area contributed by atoms with Crippen LogP contribution in [-0.2, 0) is 20.2 Å². The van der Waals surface area contributed by atoms with Crippen molar-refractivity contribution >= 4 is 20.2 Å². The zero-order valence-electron chi connectivity index (χ0n) is 14.6. The van der Waals surface area contributed by atoms with Crippen molar-refractivity contribution in [1.82, 2.24) is 8.61 Å². The Labute approximate surface area is 145 Å². The molecule has 0 aliphatic heterocycles. The van der Waals surface area contributed by atoms with E-state index >= 15 is 0 Å². The second-order valence-corrected chi connectivity index (χ2v) is 9.26. The van der Waals surface area contributed by atoms with Crippen molar-refractivity contribution in [3.8, 4) is 0 Å². The van der Waals surface area contributed by atoms with Crippen molar-refractivity contribution in [2.24, 2.45) is 5.14 Å². The number of hydrogen-bond donors (Lipinski definition) is 1. The van der Waals surface area contributed by atoms with Gasteiger partial charge in [-0.05, 0) is 37.5 Å². The van der Waals surface area contributed by atoms with Crippen LogP contribution in [0.4, 0.5) is 0 Å². The second-order valence-electron chi connectivity index (χ2n) is 5.71. The van der Waals surface area contributed by atoms with Gasteiger partial charge in [-0.1, -0.05) is 26.0 Å². The summed E-state index contributed by atoms with van der Waals surface area (Å²) in [5, 5.41) is 5.08. The van der Waals surface area contributed by atoms with Crippen LogP contribution >= 0.6 is 0 Å². The smallest absolute Gasteiger partial charge is 0.225 e. The minimum atomic E-state index is -3.76. The largest absolute Gasteiger partial charge is 0.282 e. The Morgan fingerprint density at radius 2 is 1.46 bits per heavy atom. The van der Waals surface area contributed by atoms with Crippen LogP contribution in [0.5, 0.6) is 0 Å². The van der Waals surface area contributed by atoms with Gasteiger partial charge in [-0.3, -0.25) is 0 Å². The van der Waals surface area contributed by atoms with Gasteiger partial charge in [0.25, 0.3) is 10.2 Å². The Morgan fingerprint density at radius 1 is 1.00 bits per heavy atom. The third-order valence-corrected chi connectivity index (χ3v) is 6.86. The first-order chi connectivity index (χ1) is 11.1. The van der Waals surface area contributed by atoms with Gasteiger partial charge in [0.15, 0.2) is 0 Å². The number of hydrogen-bond acceptors (Lipinski definition) is 4. The predicted octanol–water partition coefficient (Wildman–Crippen LogP) is 1.69.